The third-order valence-corrected chi connectivity index (χ3v) is 3.78. The zero-order valence-corrected chi connectivity index (χ0v) is 15.1. The monoisotopic (exact) mass is 360 g/mol. The summed E-state index contributed by atoms with van der Waals surface area (Å²) in [4.78, 5) is 16.1. The summed E-state index contributed by atoms with van der Waals surface area (Å²) in [5, 5.41) is 13.2. The second-order valence-electron chi connectivity index (χ2n) is 5.77. The first-order valence-corrected chi connectivity index (χ1v) is 8.56. The maximum absolute atomic E-state index is 13.5. The van der Waals surface area contributed by atoms with Crippen LogP contribution in [0.5, 0.6) is 0 Å². The fourth-order valence-electron chi connectivity index (χ4n) is 2.29. The predicted molar refractivity (Wildman–Crippen MR) is 99.7 cm³/mol. The average molecular weight is 360 g/mol. The number of nitrogens with zero attached hydrogens (tertiary/aromatic N) is 3. The van der Waals surface area contributed by atoms with Crippen molar-refractivity contribution >= 4 is 11.9 Å². The Hall–Kier alpha value is -2.90. The van der Waals surface area contributed by atoms with Gasteiger partial charge in [0.25, 0.3) is 5.91 Å². The standard InChI is InChI=1S/C18H25FN6O/c1-14-5-6-15(13-16(14)19)17(26)21-9-10-23-18(20-2)22-7-3-11-25-12-4-8-24-25/h4-6,8,12-13H,3,7,9-11H2,1-2H3,(H,21,26)(H2,20,22,23). The van der Waals surface area contributed by atoms with Crippen molar-refractivity contribution in [1.82, 2.24) is 25.7 Å². The van der Waals surface area contributed by atoms with Crippen LogP contribution in [0.25, 0.3) is 0 Å². The van der Waals surface area contributed by atoms with Crippen LogP contribution in [-0.2, 0) is 6.54 Å². The van der Waals surface area contributed by atoms with Gasteiger partial charge in [-0.15, -0.1) is 0 Å². The van der Waals surface area contributed by atoms with Gasteiger partial charge in [0.15, 0.2) is 5.96 Å². The highest BCUT2D eigenvalue weighted by atomic mass is 19.1. The van der Waals surface area contributed by atoms with Crippen molar-refractivity contribution in [3.8, 4) is 0 Å². The van der Waals surface area contributed by atoms with E-state index in [1.54, 1.807) is 32.3 Å². The van der Waals surface area contributed by atoms with Crippen LogP contribution < -0.4 is 16.0 Å². The van der Waals surface area contributed by atoms with Crippen LogP contribution in [0.1, 0.15) is 22.3 Å². The molecule has 140 valence electrons. The number of benzene rings is 1. The summed E-state index contributed by atoms with van der Waals surface area (Å²) < 4.78 is 15.4. The number of rotatable bonds is 8. The Morgan fingerprint density at radius 1 is 1.23 bits per heavy atom. The summed E-state index contributed by atoms with van der Waals surface area (Å²) >= 11 is 0. The van der Waals surface area contributed by atoms with Gasteiger partial charge in [0.05, 0.1) is 0 Å². The lowest BCUT2D eigenvalue weighted by atomic mass is 10.1. The lowest BCUT2D eigenvalue weighted by Gasteiger charge is -2.12. The quantitative estimate of drug-likeness (QED) is 0.377. The fraction of sp³-hybridized carbons (Fsp3) is 0.389. The SMILES string of the molecule is CN=C(NCCCn1cccn1)NCCNC(=O)c1ccc(C)c(F)c1. The molecule has 0 aliphatic carbocycles. The van der Waals surface area contributed by atoms with Crippen LogP contribution in [0.3, 0.4) is 0 Å². The van der Waals surface area contributed by atoms with Gasteiger partial charge < -0.3 is 16.0 Å². The van der Waals surface area contributed by atoms with Crippen LogP contribution in [0.2, 0.25) is 0 Å². The maximum atomic E-state index is 13.5. The van der Waals surface area contributed by atoms with Gasteiger partial charge in [0.2, 0.25) is 0 Å². The van der Waals surface area contributed by atoms with Crippen molar-refractivity contribution < 1.29 is 9.18 Å². The number of hydrogen-bond acceptors (Lipinski definition) is 3. The van der Waals surface area contributed by atoms with Gasteiger partial charge in [-0.3, -0.25) is 14.5 Å². The summed E-state index contributed by atoms with van der Waals surface area (Å²) in [7, 11) is 1.69. The van der Waals surface area contributed by atoms with Crippen LogP contribution >= 0.6 is 0 Å². The molecule has 0 bridgehead atoms. The molecule has 0 unspecified atom stereocenters. The third kappa shape index (κ3) is 6.19. The van der Waals surface area contributed by atoms with Gasteiger partial charge in [-0.2, -0.15) is 5.10 Å². The zero-order chi connectivity index (χ0) is 18.8. The highest BCUT2D eigenvalue weighted by Crippen LogP contribution is 2.08. The van der Waals surface area contributed by atoms with Crippen molar-refractivity contribution in [1.29, 1.82) is 0 Å². The summed E-state index contributed by atoms with van der Waals surface area (Å²) in [5.41, 5.74) is 0.833. The molecule has 1 aromatic carbocycles. The lowest BCUT2D eigenvalue weighted by molar-refractivity contribution is 0.0954. The van der Waals surface area contributed by atoms with Gasteiger partial charge in [-0.25, -0.2) is 4.39 Å². The second kappa shape index (κ2) is 10.2. The van der Waals surface area contributed by atoms with Crippen molar-refractivity contribution in [3.63, 3.8) is 0 Å². The number of hydrogen-bond donors (Lipinski definition) is 3. The molecule has 0 atom stereocenters. The number of aliphatic imine (C=N–C) groups is 1. The van der Waals surface area contributed by atoms with Gasteiger partial charge in [-0.1, -0.05) is 6.07 Å². The molecule has 26 heavy (non-hydrogen) atoms. The molecular weight excluding hydrogens is 335 g/mol. The Balaban J connectivity index is 1.62. The number of aromatic nitrogens is 2. The van der Waals surface area contributed by atoms with Gasteiger partial charge in [0, 0.05) is 51.2 Å². The maximum Gasteiger partial charge on any atom is 0.251 e. The first-order valence-electron chi connectivity index (χ1n) is 8.56. The van der Waals surface area contributed by atoms with Gasteiger partial charge in [0.1, 0.15) is 5.82 Å². The molecule has 0 aliphatic rings. The molecular formula is C18H25FN6O. The van der Waals surface area contributed by atoms with Crippen molar-refractivity contribution in [2.75, 3.05) is 26.7 Å². The van der Waals surface area contributed by atoms with Crippen LogP contribution in [0, 0.1) is 12.7 Å². The van der Waals surface area contributed by atoms with Crippen LogP contribution in [-0.4, -0.2) is 48.3 Å². The number of carbonyl (C=O) groups excluding carboxylic acids is 1. The van der Waals surface area contributed by atoms with E-state index >= 15 is 0 Å². The van der Waals surface area contributed by atoms with Crippen LogP contribution in [0.4, 0.5) is 4.39 Å². The van der Waals surface area contributed by atoms with E-state index in [1.165, 1.54) is 6.07 Å². The van der Waals surface area contributed by atoms with E-state index in [2.05, 4.69) is 26.0 Å². The molecule has 0 spiro atoms. The van der Waals surface area contributed by atoms with Crippen molar-refractivity contribution in [3.05, 3.63) is 53.6 Å². The summed E-state index contributed by atoms with van der Waals surface area (Å²) in [6.07, 6.45) is 4.60. The summed E-state index contributed by atoms with van der Waals surface area (Å²) in [5.74, 6) is -0.00977. The smallest absolute Gasteiger partial charge is 0.251 e. The molecule has 0 radical (unpaired) electrons. The molecule has 0 saturated carbocycles. The zero-order valence-electron chi connectivity index (χ0n) is 15.1. The Labute approximate surface area is 152 Å². The van der Waals surface area contributed by atoms with Gasteiger partial charge >= 0.3 is 0 Å². The molecule has 0 saturated heterocycles. The molecule has 3 N–H and O–H groups in total. The van der Waals surface area contributed by atoms with Crippen molar-refractivity contribution in [2.45, 2.75) is 19.9 Å². The Morgan fingerprint density at radius 3 is 2.69 bits per heavy atom. The van der Waals surface area contributed by atoms with E-state index in [4.69, 9.17) is 0 Å². The van der Waals surface area contributed by atoms with E-state index in [0.717, 1.165) is 19.5 Å². The number of nitrogens with one attached hydrogen (secondary N) is 3. The number of amides is 1. The number of guanidine groups is 1. The first kappa shape index (κ1) is 19.4. The topological polar surface area (TPSA) is 83.3 Å². The highest BCUT2D eigenvalue weighted by molar-refractivity contribution is 5.94. The fourth-order valence-corrected chi connectivity index (χ4v) is 2.29. The molecule has 1 heterocycles. The average Bonchev–Trinajstić information content (AvgIpc) is 3.16. The Kier molecular flexibility index (Phi) is 7.60. The Morgan fingerprint density at radius 2 is 2.00 bits per heavy atom. The first-order chi connectivity index (χ1) is 12.6. The molecule has 7 nitrogen and oxygen atoms in total. The highest BCUT2D eigenvalue weighted by Gasteiger charge is 2.07. The molecule has 0 fully saturated rings. The minimum Gasteiger partial charge on any atom is -0.356 e. The Bertz CT molecular complexity index is 729. The number of carbonyl (C=O) groups is 1. The minimum absolute atomic E-state index is 0.298. The normalized spacial score (nSPS) is 11.3. The van der Waals surface area contributed by atoms with E-state index < -0.39 is 0 Å². The molecule has 1 aromatic heterocycles. The number of halogens is 1. The van der Waals surface area contributed by atoms with E-state index in [-0.39, 0.29) is 11.7 Å². The van der Waals surface area contributed by atoms with E-state index in [0.29, 0.717) is 30.2 Å². The molecule has 8 heteroatoms. The predicted octanol–water partition coefficient (Wildman–Crippen LogP) is 1.32. The van der Waals surface area contributed by atoms with Crippen LogP contribution in [0.15, 0.2) is 41.7 Å². The summed E-state index contributed by atoms with van der Waals surface area (Å²) in [6.45, 7) is 4.17. The largest absolute Gasteiger partial charge is 0.356 e. The van der Waals surface area contributed by atoms with Gasteiger partial charge in [-0.05, 0) is 37.1 Å². The third-order valence-electron chi connectivity index (χ3n) is 3.78. The molecule has 2 aromatic rings. The number of aryl methyl sites for hydroxylation is 2. The summed E-state index contributed by atoms with van der Waals surface area (Å²) in [6, 6.07) is 6.35. The van der Waals surface area contributed by atoms with Crippen molar-refractivity contribution in [2.24, 2.45) is 4.99 Å². The lowest BCUT2D eigenvalue weighted by Crippen LogP contribution is -2.42. The molecule has 1 amide bonds. The minimum atomic E-state index is -0.379. The van der Waals surface area contributed by atoms with E-state index in [9.17, 15) is 9.18 Å². The molecule has 0 aliphatic heterocycles. The molecule has 2 rings (SSSR count). The van der Waals surface area contributed by atoms with E-state index in [1.807, 2.05) is 16.9 Å². The second-order valence-corrected chi connectivity index (χ2v) is 5.77.